The van der Waals surface area contributed by atoms with Gasteiger partial charge in [-0.1, -0.05) is 30.4 Å². The molecule has 7 nitrogen and oxygen atoms in total. The maximum Gasteiger partial charge on any atom is 0.252 e. The van der Waals surface area contributed by atoms with Crippen molar-refractivity contribution in [2.75, 3.05) is 0 Å². The van der Waals surface area contributed by atoms with Crippen molar-refractivity contribution in [3.8, 4) is 0 Å². The smallest absolute Gasteiger partial charge is 0.252 e. The number of nitrogens with zero attached hydrogens (tertiary/aromatic N) is 1. The third-order valence-electron chi connectivity index (χ3n) is 6.86. The van der Waals surface area contributed by atoms with Crippen LogP contribution in [-0.2, 0) is 15.1 Å². The molecule has 7 heteroatoms. The molecule has 3 aliphatic rings. The number of carbonyl (C=O) groups excluding carboxylic acids is 3. The summed E-state index contributed by atoms with van der Waals surface area (Å²) in [6.07, 6.45) is 9.55. The first-order valence-electron chi connectivity index (χ1n) is 10.2. The first kappa shape index (κ1) is 17.4. The number of imide groups is 1. The van der Waals surface area contributed by atoms with Crippen molar-refractivity contribution >= 4 is 34.7 Å². The van der Waals surface area contributed by atoms with E-state index in [4.69, 9.17) is 5.73 Å². The number of para-hydroxylation sites is 1. The summed E-state index contributed by atoms with van der Waals surface area (Å²) in [5, 5.41) is 3.30. The zero-order valence-electron chi connectivity index (χ0n) is 16.1. The number of aromatic amines is 1. The molecule has 4 heterocycles. The van der Waals surface area contributed by atoms with Gasteiger partial charge < -0.3 is 10.7 Å². The van der Waals surface area contributed by atoms with Crippen LogP contribution in [0.5, 0.6) is 0 Å². The van der Waals surface area contributed by atoms with Gasteiger partial charge in [0.1, 0.15) is 5.54 Å². The van der Waals surface area contributed by atoms with E-state index in [1.807, 2.05) is 30.3 Å². The maximum absolute atomic E-state index is 13.1. The zero-order chi connectivity index (χ0) is 20.6. The lowest BCUT2D eigenvalue weighted by Crippen LogP contribution is -2.47. The molecule has 0 spiro atoms. The van der Waals surface area contributed by atoms with Crippen molar-refractivity contribution in [2.45, 2.75) is 36.6 Å². The van der Waals surface area contributed by atoms with Crippen molar-refractivity contribution < 1.29 is 14.4 Å². The highest BCUT2D eigenvalue weighted by Crippen LogP contribution is 2.48. The Labute approximate surface area is 171 Å². The number of aromatic nitrogens is 2. The van der Waals surface area contributed by atoms with E-state index in [1.54, 1.807) is 17.0 Å². The number of nitrogens with two attached hydrogens (primary N) is 1. The molecular formula is C23H20N4O3. The lowest BCUT2D eigenvalue weighted by atomic mass is 9.74. The second kappa shape index (κ2) is 5.79. The van der Waals surface area contributed by atoms with Gasteiger partial charge in [-0.2, -0.15) is 0 Å². The molecule has 2 aromatic heterocycles. The Morgan fingerprint density at radius 2 is 2.00 bits per heavy atom. The number of amides is 2. The van der Waals surface area contributed by atoms with Gasteiger partial charge in [-0.3, -0.25) is 24.3 Å². The summed E-state index contributed by atoms with van der Waals surface area (Å²) in [6, 6.07) is 7.62. The minimum atomic E-state index is -1.60. The van der Waals surface area contributed by atoms with Crippen LogP contribution in [0.3, 0.4) is 0 Å². The molecule has 1 fully saturated rings. The Balaban J connectivity index is 1.61. The Bertz CT molecular complexity index is 1300. The van der Waals surface area contributed by atoms with E-state index in [-0.39, 0.29) is 11.8 Å². The highest BCUT2D eigenvalue weighted by Gasteiger charge is 2.57. The number of rotatable bonds is 2. The number of carbonyl (C=O) groups is 3. The predicted molar refractivity (Wildman–Crippen MR) is 111 cm³/mol. The van der Waals surface area contributed by atoms with Crippen molar-refractivity contribution in [3.05, 3.63) is 65.1 Å². The summed E-state index contributed by atoms with van der Waals surface area (Å²) in [5.41, 5.74) is 9.03. The van der Waals surface area contributed by atoms with Crippen molar-refractivity contribution in [1.82, 2.24) is 14.9 Å². The van der Waals surface area contributed by atoms with Gasteiger partial charge in [0, 0.05) is 52.5 Å². The molecule has 1 saturated heterocycles. The Hall–Kier alpha value is -3.45. The van der Waals surface area contributed by atoms with Crippen molar-refractivity contribution in [1.29, 1.82) is 0 Å². The van der Waals surface area contributed by atoms with Crippen LogP contribution < -0.4 is 11.1 Å². The molecular weight excluding hydrogens is 380 g/mol. The molecule has 1 aromatic carbocycles. The predicted octanol–water partition coefficient (Wildman–Crippen LogP) is 2.50. The fraction of sp³-hybridized carbons (Fsp3) is 0.261. The maximum atomic E-state index is 13.1. The molecule has 30 heavy (non-hydrogen) atoms. The van der Waals surface area contributed by atoms with Crippen LogP contribution in [0.4, 0.5) is 0 Å². The van der Waals surface area contributed by atoms with Gasteiger partial charge in [-0.05, 0) is 24.5 Å². The van der Waals surface area contributed by atoms with Crippen LogP contribution in [0, 0.1) is 0 Å². The van der Waals surface area contributed by atoms with Gasteiger partial charge in [0.2, 0.25) is 11.8 Å². The average Bonchev–Trinajstić information content (AvgIpc) is 3.40. The number of fused-ring (bicyclic) bond motifs is 1. The molecule has 3 aromatic rings. The van der Waals surface area contributed by atoms with Crippen LogP contribution >= 0.6 is 0 Å². The normalized spacial score (nSPS) is 27.6. The molecule has 150 valence electrons. The van der Waals surface area contributed by atoms with E-state index >= 15 is 0 Å². The number of H-pyrrole nitrogens is 1. The number of benzene rings is 1. The third-order valence-corrected chi connectivity index (χ3v) is 6.86. The summed E-state index contributed by atoms with van der Waals surface area (Å²) in [7, 11) is 0. The minimum Gasteiger partial charge on any atom is -0.361 e. The van der Waals surface area contributed by atoms with E-state index < -0.39 is 23.3 Å². The van der Waals surface area contributed by atoms with E-state index in [9.17, 15) is 14.4 Å². The molecule has 1 unspecified atom stereocenters. The summed E-state index contributed by atoms with van der Waals surface area (Å²) in [6.45, 7) is 0. The van der Waals surface area contributed by atoms with Gasteiger partial charge in [-0.15, -0.1) is 0 Å². The second-order valence-corrected chi connectivity index (χ2v) is 8.39. The van der Waals surface area contributed by atoms with Gasteiger partial charge >= 0.3 is 0 Å². The number of allylic oxidation sites excluding steroid dienone is 1. The molecule has 1 aliphatic carbocycles. The first-order chi connectivity index (χ1) is 14.5. The highest BCUT2D eigenvalue weighted by atomic mass is 16.2. The summed E-state index contributed by atoms with van der Waals surface area (Å²) >= 11 is 0. The average molecular weight is 400 g/mol. The Morgan fingerprint density at radius 3 is 2.87 bits per heavy atom. The quantitative estimate of drug-likeness (QED) is 0.574. The molecule has 0 bridgehead atoms. The Kier molecular flexibility index (Phi) is 3.36. The SMILES string of the molecule is N[C@@]1(c2cn3c4c2C=CCC4CCC3=O)C(=O)NC(=O)[C@H]1c1c[nH]c2ccccc12. The molecule has 0 radical (unpaired) electrons. The van der Waals surface area contributed by atoms with E-state index in [0.29, 0.717) is 17.5 Å². The largest absolute Gasteiger partial charge is 0.361 e. The number of hydrogen-bond donors (Lipinski definition) is 3. The molecule has 4 N–H and O–H groups in total. The topological polar surface area (TPSA) is 110 Å². The lowest BCUT2D eigenvalue weighted by Gasteiger charge is -2.29. The zero-order valence-corrected chi connectivity index (χ0v) is 16.1. The summed E-state index contributed by atoms with van der Waals surface area (Å²) in [5.74, 6) is -1.63. The van der Waals surface area contributed by atoms with Crippen LogP contribution in [-0.4, -0.2) is 27.3 Å². The van der Waals surface area contributed by atoms with Gasteiger partial charge in [0.05, 0.1) is 5.92 Å². The van der Waals surface area contributed by atoms with E-state index in [2.05, 4.69) is 16.4 Å². The summed E-state index contributed by atoms with van der Waals surface area (Å²) < 4.78 is 1.65. The van der Waals surface area contributed by atoms with Crippen molar-refractivity contribution in [2.24, 2.45) is 5.73 Å². The molecule has 2 amide bonds. The van der Waals surface area contributed by atoms with Gasteiger partial charge in [0.15, 0.2) is 0 Å². The van der Waals surface area contributed by atoms with E-state index in [0.717, 1.165) is 35.0 Å². The lowest BCUT2D eigenvalue weighted by molar-refractivity contribution is -0.126. The number of nitrogens with one attached hydrogen (secondary N) is 2. The van der Waals surface area contributed by atoms with Crippen LogP contribution in [0.25, 0.3) is 17.0 Å². The summed E-state index contributed by atoms with van der Waals surface area (Å²) in [4.78, 5) is 41.9. The highest BCUT2D eigenvalue weighted by molar-refractivity contribution is 6.14. The van der Waals surface area contributed by atoms with Gasteiger partial charge in [0.25, 0.3) is 5.91 Å². The molecule has 0 saturated carbocycles. The second-order valence-electron chi connectivity index (χ2n) is 8.39. The van der Waals surface area contributed by atoms with E-state index in [1.165, 1.54) is 0 Å². The monoisotopic (exact) mass is 400 g/mol. The van der Waals surface area contributed by atoms with Crippen LogP contribution in [0.2, 0.25) is 0 Å². The van der Waals surface area contributed by atoms with Crippen LogP contribution in [0.1, 0.15) is 58.3 Å². The van der Waals surface area contributed by atoms with Crippen molar-refractivity contribution in [3.63, 3.8) is 0 Å². The molecule has 2 aliphatic heterocycles. The molecule has 3 atom stereocenters. The number of hydrogen-bond acceptors (Lipinski definition) is 4. The first-order valence-corrected chi connectivity index (χ1v) is 10.2. The fourth-order valence-corrected chi connectivity index (χ4v) is 5.42. The standard InChI is InChI=1S/C23H20N4O3/c24-23(16-11-27-18(28)9-8-12-4-3-6-14(16)20(12)27)19(21(29)26-22(23)30)15-10-25-17-7-2-1-5-13(15)17/h1-3,5-7,10-12,19,25H,4,8-9,24H2,(H,26,29,30)/t12?,19-,23-/m1/s1. The van der Waals surface area contributed by atoms with Crippen LogP contribution in [0.15, 0.2) is 42.7 Å². The third kappa shape index (κ3) is 2.05. The minimum absolute atomic E-state index is 0.000950. The fourth-order valence-electron chi connectivity index (χ4n) is 5.42. The molecule has 6 rings (SSSR count). The van der Waals surface area contributed by atoms with Gasteiger partial charge in [-0.25, -0.2) is 0 Å². The Morgan fingerprint density at radius 1 is 1.17 bits per heavy atom.